The van der Waals surface area contributed by atoms with Crippen LogP contribution < -0.4 is 10.7 Å². The third kappa shape index (κ3) is 3.68. The first-order chi connectivity index (χ1) is 14.4. The lowest BCUT2D eigenvalue weighted by atomic mass is 9.85. The summed E-state index contributed by atoms with van der Waals surface area (Å²) in [5.41, 5.74) is 5.15. The fourth-order valence-corrected chi connectivity index (χ4v) is 4.16. The summed E-state index contributed by atoms with van der Waals surface area (Å²) in [5, 5.41) is 3.44. The maximum Gasteiger partial charge on any atom is 0.344 e. The average molecular weight is 406 g/mol. The second kappa shape index (κ2) is 7.91. The predicted octanol–water partition coefficient (Wildman–Crippen LogP) is 2.39. The van der Waals surface area contributed by atoms with Crippen molar-refractivity contribution in [3.8, 4) is 0 Å². The molecular formula is C23H26N4O3. The molecule has 4 rings (SSSR count). The van der Waals surface area contributed by atoms with E-state index in [1.807, 2.05) is 42.2 Å². The number of fused-ring (bicyclic) bond motifs is 1. The van der Waals surface area contributed by atoms with Crippen LogP contribution in [0.1, 0.15) is 42.9 Å². The highest BCUT2D eigenvalue weighted by Crippen LogP contribution is 2.33. The van der Waals surface area contributed by atoms with E-state index < -0.39 is 17.5 Å². The Bertz CT molecular complexity index is 977. The molecular weight excluding hydrogens is 380 g/mol. The summed E-state index contributed by atoms with van der Waals surface area (Å²) < 4.78 is 0. The van der Waals surface area contributed by atoms with Gasteiger partial charge in [-0.2, -0.15) is 5.01 Å². The number of imide groups is 1. The van der Waals surface area contributed by atoms with Gasteiger partial charge in [0, 0.05) is 19.0 Å². The predicted molar refractivity (Wildman–Crippen MR) is 112 cm³/mol. The molecule has 0 unspecified atom stereocenters. The van der Waals surface area contributed by atoms with Crippen LogP contribution in [0.2, 0.25) is 0 Å². The lowest BCUT2D eigenvalue weighted by Crippen LogP contribution is -2.51. The Hall–Kier alpha value is -3.19. The SMILES string of the molecule is CC[C@]1(C)NC(=O)N(NC(=O)CN2Cc3ccccc3[C@H](c3ccccc3)C2)C1=O. The van der Waals surface area contributed by atoms with Crippen LogP contribution in [0.15, 0.2) is 54.6 Å². The van der Waals surface area contributed by atoms with Gasteiger partial charge in [0.05, 0.1) is 6.54 Å². The zero-order chi connectivity index (χ0) is 21.3. The molecule has 156 valence electrons. The van der Waals surface area contributed by atoms with Crippen LogP contribution in [-0.4, -0.2) is 46.4 Å². The van der Waals surface area contributed by atoms with Gasteiger partial charge in [-0.05, 0) is 30.0 Å². The standard InChI is InChI=1S/C23H26N4O3/c1-3-23(2)21(29)27(22(30)24-23)25-20(28)15-26-13-17-11-7-8-12-18(17)19(14-26)16-9-5-4-6-10-16/h4-12,19H,3,13-15H2,1-2H3,(H,24,30)(H,25,28)/t19-,23-/m0/s1. The third-order valence-electron chi connectivity index (χ3n) is 6.04. The topological polar surface area (TPSA) is 81.8 Å². The van der Waals surface area contributed by atoms with Crippen molar-refractivity contribution in [1.82, 2.24) is 20.7 Å². The Morgan fingerprint density at radius 3 is 2.53 bits per heavy atom. The van der Waals surface area contributed by atoms with Gasteiger partial charge >= 0.3 is 6.03 Å². The number of hydrazine groups is 1. The summed E-state index contributed by atoms with van der Waals surface area (Å²) in [4.78, 5) is 39.4. The van der Waals surface area contributed by atoms with Gasteiger partial charge in [0.1, 0.15) is 5.54 Å². The van der Waals surface area contributed by atoms with Crippen molar-refractivity contribution in [3.05, 3.63) is 71.3 Å². The van der Waals surface area contributed by atoms with Gasteiger partial charge in [-0.25, -0.2) is 4.79 Å². The van der Waals surface area contributed by atoms with E-state index in [4.69, 9.17) is 0 Å². The smallest absolute Gasteiger partial charge is 0.322 e. The van der Waals surface area contributed by atoms with Crippen LogP contribution in [0.5, 0.6) is 0 Å². The number of nitrogens with one attached hydrogen (secondary N) is 2. The average Bonchev–Trinajstić information content (AvgIpc) is 2.97. The van der Waals surface area contributed by atoms with Crippen LogP contribution in [0.4, 0.5) is 4.79 Å². The molecule has 4 amide bonds. The molecule has 30 heavy (non-hydrogen) atoms. The summed E-state index contributed by atoms with van der Waals surface area (Å²) in [7, 11) is 0. The van der Waals surface area contributed by atoms with Gasteiger partial charge < -0.3 is 5.32 Å². The van der Waals surface area contributed by atoms with Crippen LogP contribution in [0.3, 0.4) is 0 Å². The Morgan fingerprint density at radius 1 is 1.13 bits per heavy atom. The highest BCUT2D eigenvalue weighted by molar-refractivity contribution is 6.07. The first-order valence-corrected chi connectivity index (χ1v) is 10.2. The summed E-state index contributed by atoms with van der Waals surface area (Å²) in [5.74, 6) is -0.663. The molecule has 1 fully saturated rings. The van der Waals surface area contributed by atoms with E-state index in [0.717, 1.165) is 5.01 Å². The number of benzene rings is 2. The number of hydrogen-bond donors (Lipinski definition) is 2. The van der Waals surface area contributed by atoms with Gasteiger partial charge in [-0.15, -0.1) is 0 Å². The number of amides is 4. The van der Waals surface area contributed by atoms with Crippen LogP contribution in [-0.2, 0) is 16.1 Å². The maximum absolute atomic E-state index is 12.7. The van der Waals surface area contributed by atoms with E-state index in [9.17, 15) is 14.4 Å². The molecule has 2 aromatic rings. The number of hydrogen-bond acceptors (Lipinski definition) is 4. The molecule has 2 heterocycles. The Balaban J connectivity index is 1.48. The monoisotopic (exact) mass is 406 g/mol. The van der Waals surface area contributed by atoms with Crippen molar-refractivity contribution < 1.29 is 14.4 Å². The number of urea groups is 1. The molecule has 2 aliphatic heterocycles. The summed E-state index contributed by atoms with van der Waals surface area (Å²) in [6.45, 7) is 4.89. The van der Waals surface area contributed by atoms with E-state index in [0.29, 0.717) is 19.5 Å². The summed E-state index contributed by atoms with van der Waals surface area (Å²) >= 11 is 0. The van der Waals surface area contributed by atoms with Crippen LogP contribution in [0.25, 0.3) is 0 Å². The van der Waals surface area contributed by atoms with Crippen molar-refractivity contribution in [2.75, 3.05) is 13.1 Å². The quantitative estimate of drug-likeness (QED) is 0.747. The molecule has 0 aromatic heterocycles. The van der Waals surface area contributed by atoms with Gasteiger partial charge in [0.25, 0.3) is 11.8 Å². The molecule has 0 radical (unpaired) electrons. The molecule has 7 nitrogen and oxygen atoms in total. The Kier molecular flexibility index (Phi) is 5.30. The van der Waals surface area contributed by atoms with Crippen molar-refractivity contribution in [2.45, 2.75) is 38.3 Å². The van der Waals surface area contributed by atoms with Gasteiger partial charge in [0.15, 0.2) is 0 Å². The van der Waals surface area contributed by atoms with E-state index in [2.05, 4.69) is 35.0 Å². The molecule has 2 aromatic carbocycles. The second-order valence-corrected chi connectivity index (χ2v) is 8.12. The molecule has 2 aliphatic rings. The second-order valence-electron chi connectivity index (χ2n) is 8.12. The molecule has 1 saturated heterocycles. The van der Waals surface area contributed by atoms with Crippen molar-refractivity contribution in [3.63, 3.8) is 0 Å². The van der Waals surface area contributed by atoms with Crippen LogP contribution in [0, 0.1) is 0 Å². The first kappa shape index (κ1) is 20.1. The minimum absolute atomic E-state index is 0.0948. The number of rotatable bonds is 5. The van der Waals surface area contributed by atoms with Gasteiger partial charge in [-0.1, -0.05) is 61.5 Å². The maximum atomic E-state index is 12.7. The highest BCUT2D eigenvalue weighted by atomic mass is 16.2. The molecule has 7 heteroatoms. The number of nitrogens with zero attached hydrogens (tertiary/aromatic N) is 2. The Labute approximate surface area is 176 Å². The zero-order valence-corrected chi connectivity index (χ0v) is 17.2. The van der Waals surface area contributed by atoms with E-state index in [-0.39, 0.29) is 18.4 Å². The molecule has 0 aliphatic carbocycles. The lowest BCUT2D eigenvalue weighted by molar-refractivity contribution is -0.139. The molecule has 2 N–H and O–H groups in total. The molecule has 0 bridgehead atoms. The van der Waals surface area contributed by atoms with Gasteiger partial charge in [0.2, 0.25) is 0 Å². The number of carbonyl (C=O) groups is 3. The van der Waals surface area contributed by atoms with E-state index in [1.165, 1.54) is 16.7 Å². The first-order valence-electron chi connectivity index (χ1n) is 10.2. The summed E-state index contributed by atoms with van der Waals surface area (Å²) in [6.07, 6.45) is 0.450. The van der Waals surface area contributed by atoms with Crippen molar-refractivity contribution in [2.24, 2.45) is 0 Å². The van der Waals surface area contributed by atoms with Crippen LogP contribution >= 0.6 is 0 Å². The highest BCUT2D eigenvalue weighted by Gasteiger charge is 2.47. The van der Waals surface area contributed by atoms with Crippen molar-refractivity contribution in [1.29, 1.82) is 0 Å². The Morgan fingerprint density at radius 2 is 1.83 bits per heavy atom. The fourth-order valence-electron chi connectivity index (χ4n) is 4.16. The number of carbonyl (C=O) groups excluding carboxylic acids is 3. The normalized spacial score (nSPS) is 23.8. The fraction of sp³-hybridized carbons (Fsp3) is 0.348. The minimum atomic E-state index is -0.979. The third-order valence-corrected chi connectivity index (χ3v) is 6.04. The molecule has 2 atom stereocenters. The zero-order valence-electron chi connectivity index (χ0n) is 17.2. The molecule has 0 spiro atoms. The van der Waals surface area contributed by atoms with Gasteiger partial charge in [-0.3, -0.25) is 19.9 Å². The minimum Gasteiger partial charge on any atom is -0.322 e. The lowest BCUT2D eigenvalue weighted by Gasteiger charge is -2.34. The van der Waals surface area contributed by atoms with E-state index in [1.54, 1.807) is 6.92 Å². The molecule has 0 saturated carbocycles. The summed E-state index contributed by atoms with van der Waals surface area (Å²) in [6, 6.07) is 17.9. The largest absolute Gasteiger partial charge is 0.344 e. The van der Waals surface area contributed by atoms with E-state index >= 15 is 0 Å². The van der Waals surface area contributed by atoms with Crippen molar-refractivity contribution >= 4 is 17.8 Å².